The Bertz CT molecular complexity index is 580. The molecule has 1 aromatic carbocycles. The predicted molar refractivity (Wildman–Crippen MR) is 66.0 cm³/mol. The Kier molecular flexibility index (Phi) is 3.38. The number of nitrogens with one attached hydrogen (secondary N) is 1. The largest absolute Gasteiger partial charge is 0.416 e. The van der Waals surface area contributed by atoms with E-state index in [2.05, 4.69) is 4.72 Å². The van der Waals surface area contributed by atoms with E-state index in [9.17, 15) is 21.6 Å². The van der Waals surface area contributed by atoms with Crippen LogP contribution >= 0.6 is 0 Å². The SMILES string of the molecule is Nc1cc(C(F)(F)F)ccc1NS(=O)(=O)CC1CC1. The van der Waals surface area contributed by atoms with Gasteiger partial charge in [0.25, 0.3) is 0 Å². The molecule has 0 saturated heterocycles. The van der Waals surface area contributed by atoms with Gasteiger partial charge in [0, 0.05) is 0 Å². The number of anilines is 2. The maximum absolute atomic E-state index is 12.4. The van der Waals surface area contributed by atoms with Crippen molar-refractivity contribution in [1.29, 1.82) is 0 Å². The molecule has 106 valence electrons. The number of sulfonamides is 1. The third kappa shape index (κ3) is 3.76. The van der Waals surface area contributed by atoms with Crippen molar-refractivity contribution in [1.82, 2.24) is 0 Å². The number of nitrogen functional groups attached to an aromatic ring is 1. The van der Waals surface area contributed by atoms with Gasteiger partial charge in [-0.25, -0.2) is 8.42 Å². The zero-order chi connectivity index (χ0) is 14.3. The van der Waals surface area contributed by atoms with Crippen molar-refractivity contribution in [2.24, 2.45) is 5.92 Å². The van der Waals surface area contributed by atoms with Crippen LogP contribution < -0.4 is 10.5 Å². The molecule has 0 aromatic heterocycles. The van der Waals surface area contributed by atoms with Crippen LogP contribution in [0.25, 0.3) is 0 Å². The Morgan fingerprint density at radius 3 is 2.42 bits per heavy atom. The van der Waals surface area contributed by atoms with Crippen LogP contribution in [0, 0.1) is 5.92 Å². The molecule has 2 rings (SSSR count). The lowest BCUT2D eigenvalue weighted by Crippen LogP contribution is -2.19. The van der Waals surface area contributed by atoms with Gasteiger partial charge in [-0.3, -0.25) is 4.72 Å². The van der Waals surface area contributed by atoms with Crippen LogP contribution in [0.15, 0.2) is 18.2 Å². The van der Waals surface area contributed by atoms with Gasteiger partial charge < -0.3 is 5.73 Å². The number of halogens is 3. The summed E-state index contributed by atoms with van der Waals surface area (Å²) in [5.74, 6) is 0.126. The number of rotatable bonds is 4. The molecule has 3 N–H and O–H groups in total. The molecule has 0 atom stereocenters. The minimum atomic E-state index is -4.50. The normalized spacial score (nSPS) is 16.4. The maximum Gasteiger partial charge on any atom is 0.416 e. The lowest BCUT2D eigenvalue weighted by molar-refractivity contribution is -0.137. The highest BCUT2D eigenvalue weighted by atomic mass is 32.2. The molecule has 4 nitrogen and oxygen atoms in total. The van der Waals surface area contributed by atoms with Crippen LogP contribution in [0.3, 0.4) is 0 Å². The van der Waals surface area contributed by atoms with Gasteiger partial charge in [0.2, 0.25) is 10.0 Å². The van der Waals surface area contributed by atoms with Gasteiger partial charge in [0.15, 0.2) is 0 Å². The van der Waals surface area contributed by atoms with E-state index >= 15 is 0 Å². The van der Waals surface area contributed by atoms with E-state index in [0.717, 1.165) is 31.0 Å². The standard InChI is InChI=1S/C11H13F3N2O2S/c12-11(13,14)8-3-4-10(9(15)5-8)16-19(17,18)6-7-1-2-7/h3-5,7,16H,1-2,6,15H2. The molecule has 1 fully saturated rings. The lowest BCUT2D eigenvalue weighted by Gasteiger charge is -2.12. The summed E-state index contributed by atoms with van der Waals surface area (Å²) in [6.07, 6.45) is -2.77. The fourth-order valence-corrected chi connectivity index (χ4v) is 3.19. The van der Waals surface area contributed by atoms with Gasteiger partial charge in [-0.2, -0.15) is 13.2 Å². The first-order chi connectivity index (χ1) is 8.67. The van der Waals surface area contributed by atoms with Crippen LogP contribution in [-0.4, -0.2) is 14.2 Å². The molecule has 0 heterocycles. The topological polar surface area (TPSA) is 72.2 Å². The molecule has 0 bridgehead atoms. The summed E-state index contributed by atoms with van der Waals surface area (Å²) in [6.45, 7) is 0. The van der Waals surface area contributed by atoms with E-state index in [0.29, 0.717) is 0 Å². The Balaban J connectivity index is 2.17. The Morgan fingerprint density at radius 2 is 1.95 bits per heavy atom. The summed E-state index contributed by atoms with van der Waals surface area (Å²) in [5, 5.41) is 0. The van der Waals surface area contributed by atoms with E-state index in [-0.39, 0.29) is 23.0 Å². The van der Waals surface area contributed by atoms with Crippen molar-refractivity contribution in [2.45, 2.75) is 19.0 Å². The first kappa shape index (κ1) is 14.0. The molecular formula is C11H13F3N2O2S. The van der Waals surface area contributed by atoms with E-state index in [1.54, 1.807) is 0 Å². The van der Waals surface area contributed by atoms with Crippen LogP contribution in [0.4, 0.5) is 24.5 Å². The Labute approximate surface area is 108 Å². The monoisotopic (exact) mass is 294 g/mol. The molecular weight excluding hydrogens is 281 g/mol. The van der Waals surface area contributed by atoms with Gasteiger partial charge in [-0.05, 0) is 37.0 Å². The van der Waals surface area contributed by atoms with E-state index in [1.165, 1.54) is 0 Å². The fraction of sp³-hybridized carbons (Fsp3) is 0.455. The van der Waals surface area contributed by atoms with Gasteiger partial charge in [-0.15, -0.1) is 0 Å². The molecule has 0 aliphatic heterocycles. The summed E-state index contributed by atoms with van der Waals surface area (Å²) >= 11 is 0. The molecule has 19 heavy (non-hydrogen) atoms. The Morgan fingerprint density at radius 1 is 1.32 bits per heavy atom. The van der Waals surface area contributed by atoms with Crippen LogP contribution in [0.1, 0.15) is 18.4 Å². The Hall–Kier alpha value is -1.44. The average molecular weight is 294 g/mol. The lowest BCUT2D eigenvalue weighted by atomic mass is 10.2. The van der Waals surface area contributed by atoms with Gasteiger partial charge in [0.05, 0.1) is 22.7 Å². The van der Waals surface area contributed by atoms with Gasteiger partial charge >= 0.3 is 6.18 Å². The highest BCUT2D eigenvalue weighted by Gasteiger charge is 2.31. The highest BCUT2D eigenvalue weighted by Crippen LogP contribution is 2.34. The molecule has 0 spiro atoms. The summed E-state index contributed by atoms with van der Waals surface area (Å²) in [5.41, 5.74) is 4.28. The molecule has 1 aliphatic rings. The van der Waals surface area contributed by atoms with Gasteiger partial charge in [-0.1, -0.05) is 0 Å². The molecule has 0 radical (unpaired) electrons. The third-order valence-electron chi connectivity index (χ3n) is 2.80. The minimum Gasteiger partial charge on any atom is -0.397 e. The first-order valence-electron chi connectivity index (χ1n) is 5.64. The fourth-order valence-electron chi connectivity index (χ4n) is 1.64. The van der Waals surface area contributed by atoms with Crippen LogP contribution in [-0.2, 0) is 16.2 Å². The van der Waals surface area contributed by atoms with Crippen molar-refractivity contribution >= 4 is 21.4 Å². The summed E-state index contributed by atoms with van der Waals surface area (Å²) in [6, 6.07) is 2.54. The molecule has 1 aliphatic carbocycles. The number of benzene rings is 1. The first-order valence-corrected chi connectivity index (χ1v) is 7.30. The molecule has 0 amide bonds. The van der Waals surface area contributed by atoms with E-state index in [4.69, 9.17) is 5.73 Å². The van der Waals surface area contributed by atoms with Crippen molar-refractivity contribution in [3.63, 3.8) is 0 Å². The van der Waals surface area contributed by atoms with Crippen molar-refractivity contribution in [2.75, 3.05) is 16.2 Å². The maximum atomic E-state index is 12.4. The second-order valence-corrected chi connectivity index (χ2v) is 6.39. The summed E-state index contributed by atoms with van der Waals surface area (Å²) in [4.78, 5) is 0. The number of alkyl halides is 3. The minimum absolute atomic E-state index is 0.0198. The van der Waals surface area contributed by atoms with Crippen LogP contribution in [0.2, 0.25) is 0 Å². The molecule has 0 unspecified atom stereocenters. The zero-order valence-corrected chi connectivity index (χ0v) is 10.7. The van der Waals surface area contributed by atoms with E-state index in [1.807, 2.05) is 0 Å². The number of hydrogen-bond donors (Lipinski definition) is 2. The van der Waals surface area contributed by atoms with Crippen molar-refractivity contribution < 1.29 is 21.6 Å². The zero-order valence-electron chi connectivity index (χ0n) is 9.87. The molecule has 8 heteroatoms. The summed E-state index contributed by atoms with van der Waals surface area (Å²) < 4.78 is 62.9. The predicted octanol–water partition coefficient (Wildman–Crippen LogP) is 2.44. The second kappa shape index (κ2) is 4.59. The van der Waals surface area contributed by atoms with E-state index < -0.39 is 21.8 Å². The summed E-state index contributed by atoms with van der Waals surface area (Å²) in [7, 11) is -3.55. The van der Waals surface area contributed by atoms with Gasteiger partial charge in [0.1, 0.15) is 0 Å². The second-order valence-electron chi connectivity index (χ2n) is 4.63. The number of hydrogen-bond acceptors (Lipinski definition) is 3. The van der Waals surface area contributed by atoms with Crippen molar-refractivity contribution in [3.8, 4) is 0 Å². The smallest absolute Gasteiger partial charge is 0.397 e. The average Bonchev–Trinajstić information content (AvgIpc) is 3.02. The quantitative estimate of drug-likeness (QED) is 0.838. The molecule has 1 saturated carbocycles. The van der Waals surface area contributed by atoms with Crippen LogP contribution in [0.5, 0.6) is 0 Å². The van der Waals surface area contributed by atoms with Crippen molar-refractivity contribution in [3.05, 3.63) is 23.8 Å². The third-order valence-corrected chi connectivity index (χ3v) is 4.24. The molecule has 1 aromatic rings. The number of nitrogens with two attached hydrogens (primary N) is 1. The highest BCUT2D eigenvalue weighted by molar-refractivity contribution is 7.92.